The van der Waals surface area contributed by atoms with Crippen LogP contribution in [0.25, 0.3) is 0 Å². The molecule has 3 N–H and O–H groups in total. The Morgan fingerprint density at radius 2 is 0.455 bits per heavy atom. The van der Waals surface area contributed by atoms with Gasteiger partial charge < -0.3 is 33.8 Å². The van der Waals surface area contributed by atoms with Gasteiger partial charge in [-0.05, 0) is 37.5 Å². The average molecular weight is 1630 g/mol. The van der Waals surface area contributed by atoms with E-state index in [1.807, 2.05) is 0 Å². The Morgan fingerprint density at radius 3 is 0.679 bits per heavy atom. The van der Waals surface area contributed by atoms with Crippen LogP contribution < -0.4 is 0 Å². The molecule has 0 fully saturated rings. The molecule has 0 aromatic carbocycles. The van der Waals surface area contributed by atoms with E-state index in [1.165, 1.54) is 315 Å². The van der Waals surface area contributed by atoms with Crippen LogP contribution in [0, 0.1) is 11.8 Å². The van der Waals surface area contributed by atoms with Crippen LogP contribution in [0.5, 0.6) is 0 Å². The molecule has 0 heterocycles. The topological polar surface area (TPSA) is 237 Å². The molecule has 6 atom stereocenters. The van der Waals surface area contributed by atoms with E-state index in [0.717, 1.165) is 102 Å². The Bertz CT molecular complexity index is 2130. The minimum atomic E-state index is -4.97. The van der Waals surface area contributed by atoms with Crippen LogP contribution in [0.1, 0.15) is 504 Å². The van der Waals surface area contributed by atoms with Crippen LogP contribution >= 0.6 is 15.6 Å². The summed E-state index contributed by atoms with van der Waals surface area (Å²) < 4.78 is 69.1. The van der Waals surface area contributed by atoms with Gasteiger partial charge in [0, 0.05) is 25.7 Å². The molecule has 0 aliphatic heterocycles. The number of carbonyl (C=O) groups is 4. The second-order valence-electron chi connectivity index (χ2n) is 34.1. The van der Waals surface area contributed by atoms with Gasteiger partial charge in [-0.1, -0.05) is 452 Å². The molecule has 0 saturated heterocycles. The first kappa shape index (κ1) is 110. The molecule has 17 nitrogen and oxygen atoms in total. The number of ether oxygens (including phenoxy) is 4. The zero-order valence-electron chi connectivity index (χ0n) is 74.0. The van der Waals surface area contributed by atoms with E-state index in [4.69, 9.17) is 37.0 Å². The van der Waals surface area contributed by atoms with Gasteiger partial charge in [-0.15, -0.1) is 0 Å². The van der Waals surface area contributed by atoms with E-state index in [0.29, 0.717) is 31.6 Å². The van der Waals surface area contributed by atoms with Gasteiger partial charge in [0.2, 0.25) is 0 Å². The predicted octanol–water partition coefficient (Wildman–Crippen LogP) is 29.0. The summed E-state index contributed by atoms with van der Waals surface area (Å²) in [6, 6.07) is 0. The van der Waals surface area contributed by atoms with Crippen LogP contribution in [-0.4, -0.2) is 96.7 Å². The van der Waals surface area contributed by atoms with Crippen LogP contribution in [0.15, 0.2) is 0 Å². The van der Waals surface area contributed by atoms with Gasteiger partial charge in [-0.25, -0.2) is 9.13 Å². The molecule has 0 bridgehead atoms. The fourth-order valence-corrected chi connectivity index (χ4v) is 16.2. The van der Waals surface area contributed by atoms with Gasteiger partial charge in [0.15, 0.2) is 12.2 Å². The van der Waals surface area contributed by atoms with Crippen molar-refractivity contribution >= 4 is 39.5 Å². The average Bonchev–Trinajstić information content (AvgIpc) is 0.904. The lowest BCUT2D eigenvalue weighted by Gasteiger charge is -2.21. The third-order valence-electron chi connectivity index (χ3n) is 22.3. The molecule has 0 rings (SSSR count). The minimum Gasteiger partial charge on any atom is -0.462 e. The quantitative estimate of drug-likeness (QED) is 0.0222. The van der Waals surface area contributed by atoms with Crippen LogP contribution in [0.2, 0.25) is 0 Å². The number of aliphatic hydroxyl groups is 1. The van der Waals surface area contributed by atoms with Crippen molar-refractivity contribution in [3.8, 4) is 0 Å². The van der Waals surface area contributed by atoms with Gasteiger partial charge in [-0.2, -0.15) is 0 Å². The van der Waals surface area contributed by atoms with Gasteiger partial charge >= 0.3 is 39.5 Å². The summed E-state index contributed by atoms with van der Waals surface area (Å²) in [7, 11) is -9.94. The minimum absolute atomic E-state index is 0.107. The maximum absolute atomic E-state index is 13.2. The van der Waals surface area contributed by atoms with E-state index in [9.17, 15) is 43.2 Å². The zero-order valence-corrected chi connectivity index (χ0v) is 75.8. The Balaban J connectivity index is 5.21. The highest BCUT2D eigenvalue weighted by atomic mass is 31.2. The number of phosphoric ester groups is 2. The molecular weight excluding hydrogens is 1450 g/mol. The van der Waals surface area contributed by atoms with Gasteiger partial charge in [-0.3, -0.25) is 37.3 Å². The van der Waals surface area contributed by atoms with Crippen molar-refractivity contribution in [1.82, 2.24) is 0 Å². The Kier molecular flexibility index (Phi) is 82.6. The highest BCUT2D eigenvalue weighted by molar-refractivity contribution is 7.47. The van der Waals surface area contributed by atoms with Gasteiger partial charge in [0.05, 0.1) is 26.4 Å². The number of unbranched alkanes of at least 4 members (excludes halogenated alkanes) is 61. The van der Waals surface area contributed by atoms with Crippen molar-refractivity contribution in [2.75, 3.05) is 39.6 Å². The molecule has 19 heteroatoms. The number of hydrogen-bond acceptors (Lipinski definition) is 15. The molecule has 0 saturated carbocycles. The fourth-order valence-electron chi connectivity index (χ4n) is 14.6. The Hall–Kier alpha value is -1.94. The first-order valence-corrected chi connectivity index (χ1v) is 51.0. The molecule has 3 unspecified atom stereocenters. The molecule has 0 spiro atoms. The summed E-state index contributed by atoms with van der Waals surface area (Å²) in [5.41, 5.74) is 0. The lowest BCUT2D eigenvalue weighted by atomic mass is 9.99. The second kappa shape index (κ2) is 84.1. The molecule has 0 aliphatic carbocycles. The van der Waals surface area contributed by atoms with E-state index >= 15 is 0 Å². The number of esters is 4. The summed E-state index contributed by atoms with van der Waals surface area (Å²) in [6.45, 7) is 9.70. The summed E-state index contributed by atoms with van der Waals surface area (Å²) in [5.74, 6) is -0.547. The molecule has 0 aromatic rings. The molecule has 0 aromatic heterocycles. The molecular formula is C93H182O17P2. The monoisotopic (exact) mass is 1630 g/mol. The molecule has 0 radical (unpaired) electrons. The van der Waals surface area contributed by atoms with Crippen molar-refractivity contribution in [1.29, 1.82) is 0 Å². The van der Waals surface area contributed by atoms with E-state index in [1.54, 1.807) is 0 Å². The van der Waals surface area contributed by atoms with Crippen molar-refractivity contribution in [2.45, 2.75) is 522 Å². The third-order valence-corrected chi connectivity index (χ3v) is 24.2. The normalized spacial score (nSPS) is 13.9. The van der Waals surface area contributed by atoms with E-state index in [-0.39, 0.29) is 25.7 Å². The predicted molar refractivity (Wildman–Crippen MR) is 465 cm³/mol. The summed E-state index contributed by atoms with van der Waals surface area (Å²) >= 11 is 0. The van der Waals surface area contributed by atoms with Crippen molar-refractivity contribution < 1.29 is 80.2 Å². The first-order chi connectivity index (χ1) is 54.4. The smallest absolute Gasteiger partial charge is 0.462 e. The Morgan fingerprint density at radius 1 is 0.259 bits per heavy atom. The molecule has 112 heavy (non-hydrogen) atoms. The largest absolute Gasteiger partial charge is 0.472 e. The maximum atomic E-state index is 13.2. The summed E-state index contributed by atoms with van der Waals surface area (Å²) in [5, 5.41) is 10.7. The number of aliphatic hydroxyl groups excluding tert-OH is 1. The molecule has 666 valence electrons. The van der Waals surface area contributed by atoms with Crippen molar-refractivity contribution in [3.63, 3.8) is 0 Å². The fraction of sp³-hybridized carbons (Fsp3) is 0.957. The molecule has 0 amide bonds. The summed E-state index contributed by atoms with van der Waals surface area (Å²) in [6.07, 6.45) is 79.5. The van der Waals surface area contributed by atoms with Gasteiger partial charge in [0.25, 0.3) is 0 Å². The number of hydrogen-bond donors (Lipinski definition) is 3. The highest BCUT2D eigenvalue weighted by Gasteiger charge is 2.31. The third kappa shape index (κ3) is 84.5. The number of phosphoric acid groups is 2. The number of carbonyl (C=O) groups excluding carboxylic acids is 4. The zero-order chi connectivity index (χ0) is 82.0. The van der Waals surface area contributed by atoms with Crippen molar-refractivity contribution in [2.24, 2.45) is 11.8 Å². The van der Waals surface area contributed by atoms with E-state index < -0.39 is 97.5 Å². The van der Waals surface area contributed by atoms with Crippen LogP contribution in [0.3, 0.4) is 0 Å². The van der Waals surface area contributed by atoms with E-state index in [2.05, 4.69) is 41.5 Å². The molecule has 0 aliphatic rings. The summed E-state index contributed by atoms with van der Waals surface area (Å²) in [4.78, 5) is 73.4. The Labute approximate surface area is 689 Å². The second-order valence-corrected chi connectivity index (χ2v) is 37.0. The van der Waals surface area contributed by atoms with Gasteiger partial charge in [0.1, 0.15) is 19.3 Å². The standard InChI is InChI=1S/C93H182O17P2/c1-7-10-12-14-16-18-20-22-24-26-28-30-32-34-36-38-43-47-51-57-63-69-75-90(95)103-81-88(109-92(97)77-71-65-58-52-48-44-39-37-35-33-31-29-27-25-23-21-19-17-15-13-11-8-2)83-107-111(99,100)105-79-87(94)80-106-112(101,102)108-84-89(82-104-91(96)76-70-64-60-54-55-61-67-73-85(4)5)110-93(98)78-72-66-59-53-49-45-41-40-42-46-50-56-62-68-74-86(6)9-3/h85-89,94H,7-84H2,1-6H3,(H,99,100)(H,101,102)/t86?,87-,88-,89-/m1/s1. The number of rotatable bonds is 92. The SMILES string of the molecule is CCCCCCCCCCCCCCCCCCCCCCCCC(=O)OC[C@H](COP(=O)(O)OC[C@@H](O)COP(=O)(O)OC[C@@H](COC(=O)CCCCCCCCCC(C)C)OC(=O)CCCCCCCCCCCCCCCCC(C)CC)OC(=O)CCCCCCCCCCCCCCCCCCCCCCCC. The first-order valence-electron chi connectivity index (χ1n) is 48.0. The lowest BCUT2D eigenvalue weighted by Crippen LogP contribution is -2.30. The van der Waals surface area contributed by atoms with Crippen LogP contribution in [-0.2, 0) is 65.4 Å². The van der Waals surface area contributed by atoms with Crippen LogP contribution in [0.4, 0.5) is 0 Å². The lowest BCUT2D eigenvalue weighted by molar-refractivity contribution is -0.161. The highest BCUT2D eigenvalue weighted by Crippen LogP contribution is 2.45. The maximum Gasteiger partial charge on any atom is 0.472 e. The van der Waals surface area contributed by atoms with Crippen molar-refractivity contribution in [3.05, 3.63) is 0 Å².